The predicted octanol–water partition coefficient (Wildman–Crippen LogP) is 3.45. The van der Waals surface area contributed by atoms with E-state index in [-0.39, 0.29) is 28.8 Å². The number of rotatable bonds is 4. The third-order valence-corrected chi connectivity index (χ3v) is 4.50. The summed E-state index contributed by atoms with van der Waals surface area (Å²) in [7, 11) is 0. The molecule has 3 rings (SSSR count). The van der Waals surface area contributed by atoms with Gasteiger partial charge in [-0.2, -0.15) is 5.26 Å². The molecule has 8 heteroatoms. The Morgan fingerprint density at radius 1 is 1.27 bits per heavy atom. The van der Waals surface area contributed by atoms with Gasteiger partial charge in [-0.05, 0) is 17.7 Å². The number of benzene rings is 1. The predicted molar refractivity (Wildman–Crippen MR) is 96.6 cm³/mol. The van der Waals surface area contributed by atoms with Crippen LogP contribution < -0.4 is 4.74 Å². The Labute approximate surface area is 160 Å². The number of carbonyl (C=O) groups is 1. The minimum absolute atomic E-state index is 0.0331. The number of hydrogen-bond donors (Lipinski definition) is 0. The lowest BCUT2D eigenvalue weighted by atomic mass is 10.1. The van der Waals surface area contributed by atoms with Crippen LogP contribution >= 0.6 is 23.2 Å². The molecule has 1 aliphatic rings. The van der Waals surface area contributed by atoms with Crippen molar-refractivity contribution in [2.45, 2.75) is 6.42 Å². The van der Waals surface area contributed by atoms with Crippen molar-refractivity contribution in [2.75, 3.05) is 26.3 Å². The van der Waals surface area contributed by atoms with Crippen molar-refractivity contribution in [2.24, 2.45) is 0 Å². The van der Waals surface area contributed by atoms with Crippen LogP contribution in [0.5, 0.6) is 11.5 Å². The van der Waals surface area contributed by atoms with Gasteiger partial charge in [-0.1, -0.05) is 29.3 Å². The van der Waals surface area contributed by atoms with Crippen LogP contribution in [0, 0.1) is 11.3 Å². The Balaban J connectivity index is 1.73. The topological polar surface area (TPSA) is 75.5 Å². The van der Waals surface area contributed by atoms with E-state index in [0.717, 1.165) is 5.56 Å². The number of hydrogen-bond acceptors (Lipinski definition) is 5. The molecule has 0 atom stereocenters. The highest BCUT2D eigenvalue weighted by Crippen LogP contribution is 2.33. The van der Waals surface area contributed by atoms with Crippen LogP contribution in [0.2, 0.25) is 10.2 Å². The van der Waals surface area contributed by atoms with Crippen molar-refractivity contribution < 1.29 is 14.3 Å². The van der Waals surface area contributed by atoms with Gasteiger partial charge in [-0.15, -0.1) is 0 Å². The maximum Gasteiger partial charge on any atom is 0.227 e. The molecule has 0 spiro atoms. The second-order valence-electron chi connectivity index (χ2n) is 5.62. The number of pyridine rings is 1. The molecule has 0 radical (unpaired) electrons. The number of halogens is 2. The van der Waals surface area contributed by atoms with Crippen LogP contribution in [0.15, 0.2) is 30.5 Å². The molecule has 134 valence electrons. The van der Waals surface area contributed by atoms with Crippen molar-refractivity contribution in [3.05, 3.63) is 51.8 Å². The molecule has 2 aromatic rings. The van der Waals surface area contributed by atoms with Crippen molar-refractivity contribution in [3.8, 4) is 17.6 Å². The molecular weight excluding hydrogens is 377 g/mol. The number of ether oxygens (including phenoxy) is 2. The standard InChI is InChI=1S/C18H15Cl2N3O3/c19-14-9-12(10-17(24)23-5-7-25-8-6-23)1-2-16(14)26-15-3-4-22-18(20)13(15)11-21/h1-4,9H,5-8,10H2. The van der Waals surface area contributed by atoms with Gasteiger partial charge in [0.1, 0.15) is 23.1 Å². The lowest BCUT2D eigenvalue weighted by Gasteiger charge is -2.26. The maximum absolute atomic E-state index is 12.3. The second kappa shape index (κ2) is 8.37. The fourth-order valence-electron chi connectivity index (χ4n) is 2.56. The van der Waals surface area contributed by atoms with Gasteiger partial charge in [0.25, 0.3) is 0 Å². The van der Waals surface area contributed by atoms with Gasteiger partial charge in [0.2, 0.25) is 5.91 Å². The zero-order chi connectivity index (χ0) is 18.5. The molecule has 1 saturated heterocycles. The van der Waals surface area contributed by atoms with Crippen LogP contribution in [-0.4, -0.2) is 42.1 Å². The summed E-state index contributed by atoms with van der Waals surface area (Å²) in [6, 6.07) is 8.62. The van der Waals surface area contributed by atoms with Gasteiger partial charge in [-0.25, -0.2) is 4.98 Å². The van der Waals surface area contributed by atoms with Gasteiger partial charge in [0, 0.05) is 25.4 Å². The van der Waals surface area contributed by atoms with E-state index in [4.69, 9.17) is 32.7 Å². The zero-order valence-electron chi connectivity index (χ0n) is 13.7. The number of amides is 1. The third-order valence-electron chi connectivity index (χ3n) is 3.91. The second-order valence-corrected chi connectivity index (χ2v) is 6.39. The molecule has 1 aliphatic heterocycles. The molecule has 0 saturated carbocycles. The highest BCUT2D eigenvalue weighted by Gasteiger charge is 2.18. The van der Waals surface area contributed by atoms with E-state index in [0.29, 0.717) is 37.1 Å². The largest absolute Gasteiger partial charge is 0.454 e. The lowest BCUT2D eigenvalue weighted by molar-refractivity contribution is -0.134. The van der Waals surface area contributed by atoms with Gasteiger partial charge in [0.15, 0.2) is 5.15 Å². The van der Waals surface area contributed by atoms with Crippen LogP contribution in [-0.2, 0) is 16.0 Å². The Hall–Kier alpha value is -2.33. The van der Waals surface area contributed by atoms with Crippen molar-refractivity contribution in [3.63, 3.8) is 0 Å². The van der Waals surface area contributed by atoms with E-state index in [1.54, 1.807) is 23.1 Å². The quantitative estimate of drug-likeness (QED) is 0.745. The van der Waals surface area contributed by atoms with E-state index in [9.17, 15) is 10.1 Å². The molecule has 1 fully saturated rings. The fraction of sp³-hybridized carbons (Fsp3) is 0.278. The van der Waals surface area contributed by atoms with Crippen molar-refractivity contribution in [1.29, 1.82) is 5.26 Å². The summed E-state index contributed by atoms with van der Waals surface area (Å²) in [6.07, 6.45) is 1.70. The molecular formula is C18H15Cl2N3O3. The Morgan fingerprint density at radius 2 is 2.04 bits per heavy atom. The average molecular weight is 392 g/mol. The first-order valence-electron chi connectivity index (χ1n) is 7.95. The average Bonchev–Trinajstić information content (AvgIpc) is 2.65. The van der Waals surface area contributed by atoms with Gasteiger partial charge in [0.05, 0.1) is 24.7 Å². The Kier molecular flexibility index (Phi) is 5.94. The summed E-state index contributed by atoms with van der Waals surface area (Å²) in [5.74, 6) is 0.672. The molecule has 2 heterocycles. The van der Waals surface area contributed by atoms with E-state index < -0.39 is 0 Å². The van der Waals surface area contributed by atoms with Crippen molar-refractivity contribution >= 4 is 29.1 Å². The first kappa shape index (κ1) is 18.5. The molecule has 0 aliphatic carbocycles. The number of aromatic nitrogens is 1. The minimum atomic E-state index is 0.0331. The SMILES string of the molecule is N#Cc1c(Oc2ccc(CC(=O)N3CCOCC3)cc2Cl)ccnc1Cl. The fourth-order valence-corrected chi connectivity index (χ4v) is 2.99. The van der Waals surface area contributed by atoms with Crippen LogP contribution in [0.4, 0.5) is 0 Å². The maximum atomic E-state index is 12.3. The zero-order valence-corrected chi connectivity index (χ0v) is 15.3. The number of morpholine rings is 1. The molecule has 1 aromatic heterocycles. The Bertz CT molecular complexity index is 861. The highest BCUT2D eigenvalue weighted by atomic mass is 35.5. The summed E-state index contributed by atoms with van der Waals surface area (Å²) in [5, 5.41) is 9.58. The molecule has 26 heavy (non-hydrogen) atoms. The number of nitrogens with zero attached hydrogens (tertiary/aromatic N) is 3. The van der Waals surface area contributed by atoms with Gasteiger partial charge < -0.3 is 14.4 Å². The summed E-state index contributed by atoms with van der Waals surface area (Å²) in [4.78, 5) is 17.9. The highest BCUT2D eigenvalue weighted by molar-refractivity contribution is 6.32. The molecule has 6 nitrogen and oxygen atoms in total. The summed E-state index contributed by atoms with van der Waals surface area (Å²) in [5.41, 5.74) is 0.920. The number of nitriles is 1. The first-order valence-corrected chi connectivity index (χ1v) is 8.70. The summed E-state index contributed by atoms with van der Waals surface area (Å²) < 4.78 is 10.9. The third kappa shape index (κ3) is 4.25. The number of carbonyl (C=O) groups excluding carboxylic acids is 1. The Morgan fingerprint density at radius 3 is 2.73 bits per heavy atom. The molecule has 0 unspecified atom stereocenters. The van der Waals surface area contributed by atoms with Gasteiger partial charge >= 0.3 is 0 Å². The van der Waals surface area contributed by atoms with Crippen molar-refractivity contribution in [1.82, 2.24) is 9.88 Å². The molecule has 1 aromatic carbocycles. The van der Waals surface area contributed by atoms with Crippen LogP contribution in [0.1, 0.15) is 11.1 Å². The van der Waals surface area contributed by atoms with E-state index in [1.165, 1.54) is 12.3 Å². The summed E-state index contributed by atoms with van der Waals surface area (Å²) >= 11 is 12.2. The molecule has 0 N–H and O–H groups in total. The van der Waals surface area contributed by atoms with Gasteiger partial charge in [-0.3, -0.25) is 4.79 Å². The first-order chi connectivity index (χ1) is 12.6. The minimum Gasteiger partial charge on any atom is -0.454 e. The van der Waals surface area contributed by atoms with Crippen LogP contribution in [0.25, 0.3) is 0 Å². The van der Waals surface area contributed by atoms with E-state index >= 15 is 0 Å². The van der Waals surface area contributed by atoms with E-state index in [2.05, 4.69) is 4.98 Å². The monoisotopic (exact) mass is 391 g/mol. The summed E-state index contributed by atoms with van der Waals surface area (Å²) in [6.45, 7) is 2.34. The smallest absolute Gasteiger partial charge is 0.227 e. The van der Waals surface area contributed by atoms with E-state index in [1.807, 2.05) is 6.07 Å². The lowest BCUT2D eigenvalue weighted by Crippen LogP contribution is -2.41. The molecule has 0 bridgehead atoms. The molecule has 1 amide bonds. The normalized spacial score (nSPS) is 14.0. The van der Waals surface area contributed by atoms with Crippen LogP contribution in [0.3, 0.4) is 0 Å².